The van der Waals surface area contributed by atoms with Crippen LogP contribution >= 0.6 is 0 Å². The summed E-state index contributed by atoms with van der Waals surface area (Å²) < 4.78 is 5.09. The molecule has 2 fully saturated rings. The highest BCUT2D eigenvalue weighted by atomic mass is 16.5. The molecule has 2 aromatic heterocycles. The zero-order valence-electron chi connectivity index (χ0n) is 20.7. The Kier molecular flexibility index (Phi) is 6.21. The zero-order valence-corrected chi connectivity index (χ0v) is 20.7. The molecular weight excluding hydrogens is 442 g/mol. The van der Waals surface area contributed by atoms with Gasteiger partial charge in [0.05, 0.1) is 11.4 Å². The second-order valence-electron chi connectivity index (χ2n) is 10.3. The summed E-state index contributed by atoms with van der Waals surface area (Å²) in [4.78, 5) is 26.8. The minimum Gasteiger partial charge on any atom is -0.364 e. The Labute approximate surface area is 205 Å². The predicted octanol–water partition coefficient (Wildman–Crippen LogP) is 4.98. The predicted molar refractivity (Wildman–Crippen MR) is 133 cm³/mol. The standard InChI is InChI=1S/C27H33N5O3/c1-14(2)24-21(13-35-32-24)26(33)29-25(23(18-5-6-18)19-7-8-19)27(34)28-20-11-9-17(10-12-20)22-15(3)30-31-16(22)4/h9-14,18-19,23,25H,5-8H2,1-4H3,(H,28,34)(H,29,33)(H,30,31)/t25-/m0/s1. The Hall–Kier alpha value is -3.42. The first kappa shape index (κ1) is 23.3. The first-order valence-electron chi connectivity index (χ1n) is 12.5. The molecule has 0 saturated heterocycles. The molecule has 184 valence electrons. The number of aryl methyl sites for hydroxylation is 2. The minimum atomic E-state index is -0.601. The molecule has 2 amide bonds. The van der Waals surface area contributed by atoms with Crippen molar-refractivity contribution in [3.8, 4) is 11.1 Å². The summed E-state index contributed by atoms with van der Waals surface area (Å²) in [6, 6.07) is 7.17. The molecule has 0 unspecified atom stereocenters. The van der Waals surface area contributed by atoms with Crippen molar-refractivity contribution in [2.24, 2.45) is 17.8 Å². The molecule has 3 aromatic rings. The molecule has 0 bridgehead atoms. The zero-order chi connectivity index (χ0) is 24.7. The van der Waals surface area contributed by atoms with Gasteiger partial charge in [0.2, 0.25) is 5.91 Å². The van der Waals surface area contributed by atoms with E-state index in [1.165, 1.54) is 6.26 Å². The molecule has 35 heavy (non-hydrogen) atoms. The first-order valence-corrected chi connectivity index (χ1v) is 12.5. The lowest BCUT2D eigenvalue weighted by Crippen LogP contribution is -2.50. The fourth-order valence-electron chi connectivity index (χ4n) is 5.20. The molecule has 8 nitrogen and oxygen atoms in total. The van der Waals surface area contributed by atoms with Gasteiger partial charge in [0.1, 0.15) is 17.9 Å². The van der Waals surface area contributed by atoms with E-state index >= 15 is 0 Å². The van der Waals surface area contributed by atoms with E-state index in [0.29, 0.717) is 28.8 Å². The fraction of sp³-hybridized carbons (Fsp3) is 0.481. The third kappa shape index (κ3) is 4.88. The Bertz CT molecular complexity index is 1190. The number of carbonyl (C=O) groups is 2. The second kappa shape index (κ2) is 9.32. The van der Waals surface area contributed by atoms with E-state index in [1.807, 2.05) is 52.0 Å². The van der Waals surface area contributed by atoms with Crippen LogP contribution in [0.1, 0.15) is 72.9 Å². The number of rotatable bonds is 9. The monoisotopic (exact) mass is 475 g/mol. The number of aromatic nitrogens is 3. The Morgan fingerprint density at radius 2 is 1.71 bits per heavy atom. The van der Waals surface area contributed by atoms with Crippen molar-refractivity contribution in [1.82, 2.24) is 20.7 Å². The smallest absolute Gasteiger partial charge is 0.257 e. The Morgan fingerprint density at radius 1 is 1.06 bits per heavy atom. The molecule has 0 aliphatic heterocycles. The van der Waals surface area contributed by atoms with Gasteiger partial charge < -0.3 is 15.2 Å². The topological polar surface area (TPSA) is 113 Å². The summed E-state index contributed by atoms with van der Waals surface area (Å²) >= 11 is 0. The van der Waals surface area contributed by atoms with Crippen LogP contribution in [0.5, 0.6) is 0 Å². The first-order chi connectivity index (χ1) is 16.8. The Morgan fingerprint density at radius 3 is 2.26 bits per heavy atom. The van der Waals surface area contributed by atoms with Crippen molar-refractivity contribution in [1.29, 1.82) is 0 Å². The number of H-pyrrole nitrogens is 1. The van der Waals surface area contributed by atoms with Crippen LogP contribution in [0.4, 0.5) is 5.69 Å². The maximum Gasteiger partial charge on any atom is 0.257 e. The highest BCUT2D eigenvalue weighted by Gasteiger charge is 2.48. The van der Waals surface area contributed by atoms with Crippen molar-refractivity contribution in [3.63, 3.8) is 0 Å². The van der Waals surface area contributed by atoms with Gasteiger partial charge in [0.25, 0.3) is 5.91 Å². The lowest BCUT2D eigenvalue weighted by molar-refractivity contribution is -0.119. The molecular formula is C27H33N5O3. The molecule has 8 heteroatoms. The number of hydrogen-bond acceptors (Lipinski definition) is 5. The fourth-order valence-corrected chi connectivity index (χ4v) is 5.20. The molecule has 3 N–H and O–H groups in total. The van der Waals surface area contributed by atoms with Crippen LogP contribution < -0.4 is 10.6 Å². The van der Waals surface area contributed by atoms with Crippen molar-refractivity contribution < 1.29 is 14.1 Å². The molecule has 1 atom stereocenters. The molecule has 2 saturated carbocycles. The van der Waals surface area contributed by atoms with Gasteiger partial charge >= 0.3 is 0 Å². The van der Waals surface area contributed by atoms with Crippen molar-refractivity contribution in [3.05, 3.63) is 53.2 Å². The van der Waals surface area contributed by atoms with Gasteiger partial charge in [0.15, 0.2) is 0 Å². The van der Waals surface area contributed by atoms with Gasteiger partial charge in [-0.2, -0.15) is 5.10 Å². The second-order valence-corrected chi connectivity index (χ2v) is 10.3. The molecule has 2 heterocycles. The molecule has 2 aliphatic carbocycles. The lowest BCUT2D eigenvalue weighted by atomic mass is 9.88. The number of nitrogens with zero attached hydrogens (tertiary/aromatic N) is 2. The van der Waals surface area contributed by atoms with Crippen LogP contribution in [0.15, 0.2) is 35.1 Å². The summed E-state index contributed by atoms with van der Waals surface area (Å²) in [6.45, 7) is 7.89. The van der Waals surface area contributed by atoms with Gasteiger partial charge in [-0.25, -0.2) is 0 Å². The largest absolute Gasteiger partial charge is 0.364 e. The number of hydrogen-bond donors (Lipinski definition) is 3. The molecule has 1 aromatic carbocycles. The van der Waals surface area contributed by atoms with E-state index in [2.05, 4.69) is 26.0 Å². The van der Waals surface area contributed by atoms with Gasteiger partial charge in [-0.15, -0.1) is 0 Å². The van der Waals surface area contributed by atoms with E-state index in [4.69, 9.17) is 4.52 Å². The van der Waals surface area contributed by atoms with E-state index in [1.54, 1.807) is 0 Å². The van der Waals surface area contributed by atoms with Gasteiger partial charge in [-0.05, 0) is 80.9 Å². The van der Waals surface area contributed by atoms with Crippen LogP contribution in [-0.4, -0.2) is 33.2 Å². The van der Waals surface area contributed by atoms with E-state index in [9.17, 15) is 9.59 Å². The molecule has 5 rings (SSSR count). The summed E-state index contributed by atoms with van der Waals surface area (Å²) in [7, 11) is 0. The van der Waals surface area contributed by atoms with E-state index in [0.717, 1.165) is 48.2 Å². The van der Waals surface area contributed by atoms with E-state index in [-0.39, 0.29) is 23.7 Å². The van der Waals surface area contributed by atoms with Crippen molar-refractivity contribution >= 4 is 17.5 Å². The number of nitrogens with one attached hydrogen (secondary N) is 3. The summed E-state index contributed by atoms with van der Waals surface area (Å²) in [5.41, 5.74) is 5.77. The third-order valence-corrected chi connectivity index (χ3v) is 7.24. The number of benzene rings is 1. The van der Waals surface area contributed by atoms with Crippen LogP contribution in [0.25, 0.3) is 11.1 Å². The van der Waals surface area contributed by atoms with Crippen LogP contribution in [0, 0.1) is 31.6 Å². The molecule has 2 aliphatic rings. The highest BCUT2D eigenvalue weighted by molar-refractivity contribution is 6.02. The van der Waals surface area contributed by atoms with Gasteiger partial charge in [-0.3, -0.25) is 14.7 Å². The van der Waals surface area contributed by atoms with Gasteiger partial charge in [0, 0.05) is 16.9 Å². The normalized spacial score (nSPS) is 16.5. The maximum absolute atomic E-state index is 13.6. The lowest BCUT2D eigenvalue weighted by Gasteiger charge is -2.27. The summed E-state index contributed by atoms with van der Waals surface area (Å²) in [6.07, 6.45) is 5.83. The number of anilines is 1. The SMILES string of the molecule is Cc1n[nH]c(C)c1-c1ccc(NC(=O)[C@@H](NC(=O)c2conc2C(C)C)C(C2CC2)C2CC2)cc1. The highest BCUT2D eigenvalue weighted by Crippen LogP contribution is 2.51. The average Bonchev–Trinajstić information content (AvgIpc) is 3.76. The minimum absolute atomic E-state index is 0.0467. The number of aromatic amines is 1. The summed E-state index contributed by atoms with van der Waals surface area (Å²) in [5, 5.41) is 17.4. The third-order valence-electron chi connectivity index (χ3n) is 7.24. The molecule has 0 spiro atoms. The van der Waals surface area contributed by atoms with Crippen LogP contribution in [0.3, 0.4) is 0 Å². The van der Waals surface area contributed by atoms with Crippen LogP contribution in [-0.2, 0) is 4.79 Å². The average molecular weight is 476 g/mol. The maximum atomic E-state index is 13.6. The van der Waals surface area contributed by atoms with Crippen molar-refractivity contribution in [2.75, 3.05) is 5.32 Å². The van der Waals surface area contributed by atoms with Gasteiger partial charge in [-0.1, -0.05) is 31.1 Å². The van der Waals surface area contributed by atoms with E-state index < -0.39 is 6.04 Å². The number of amides is 2. The Balaban J connectivity index is 1.36. The quantitative estimate of drug-likeness (QED) is 0.404. The van der Waals surface area contributed by atoms with Crippen LogP contribution in [0.2, 0.25) is 0 Å². The number of carbonyl (C=O) groups excluding carboxylic acids is 2. The molecule has 0 radical (unpaired) electrons. The summed E-state index contributed by atoms with van der Waals surface area (Å²) in [5.74, 6) is 0.693. The van der Waals surface area contributed by atoms with Crippen molar-refractivity contribution in [2.45, 2.75) is 65.3 Å².